The molecule has 0 radical (unpaired) electrons. The van der Waals surface area contributed by atoms with Crippen molar-refractivity contribution < 1.29 is 26.0 Å². The van der Waals surface area contributed by atoms with E-state index in [-0.39, 0.29) is 16.8 Å². The van der Waals surface area contributed by atoms with Crippen LogP contribution in [0.25, 0.3) is 0 Å². The third-order valence-corrected chi connectivity index (χ3v) is 7.04. The van der Waals surface area contributed by atoms with Gasteiger partial charge in [0.15, 0.2) is 5.76 Å². The van der Waals surface area contributed by atoms with Gasteiger partial charge in [-0.1, -0.05) is 0 Å². The summed E-state index contributed by atoms with van der Waals surface area (Å²) in [4.78, 5) is 12.2. The van der Waals surface area contributed by atoms with Crippen LogP contribution in [-0.2, 0) is 20.0 Å². The molecule has 1 fully saturated rings. The second-order valence-electron chi connectivity index (χ2n) is 7.79. The number of rotatable bonds is 6. The molecule has 27 heavy (non-hydrogen) atoms. The van der Waals surface area contributed by atoms with Crippen LogP contribution in [0.4, 0.5) is 0 Å². The normalized spacial score (nSPS) is 17.8. The third-order valence-electron chi connectivity index (χ3n) is 4.10. The molecule has 1 aromatic heterocycles. The maximum atomic E-state index is 12.2. The SMILES string of the molecule is CC(C)(C)NS(=O)(=O)c1ccc(C(=O)NCC2CCN(S(C)(=O)=O)CC2)o1. The average Bonchev–Trinajstić information content (AvgIpc) is 3.01. The number of nitrogens with one attached hydrogen (secondary N) is 2. The first-order chi connectivity index (χ1) is 12.3. The summed E-state index contributed by atoms with van der Waals surface area (Å²) in [7, 11) is -7.03. The summed E-state index contributed by atoms with van der Waals surface area (Å²) in [5, 5.41) is 2.40. The Morgan fingerprint density at radius 2 is 1.78 bits per heavy atom. The van der Waals surface area contributed by atoms with Gasteiger partial charge < -0.3 is 9.73 Å². The highest BCUT2D eigenvalue weighted by Crippen LogP contribution is 2.19. The Hall–Kier alpha value is -1.43. The lowest BCUT2D eigenvalue weighted by Crippen LogP contribution is -2.41. The Bertz CT molecular complexity index is 876. The van der Waals surface area contributed by atoms with Crippen LogP contribution in [0, 0.1) is 5.92 Å². The van der Waals surface area contributed by atoms with E-state index in [1.807, 2.05) is 0 Å². The smallest absolute Gasteiger partial charge is 0.287 e. The van der Waals surface area contributed by atoms with E-state index in [9.17, 15) is 21.6 Å². The molecule has 0 atom stereocenters. The number of sulfonamides is 2. The number of furan rings is 1. The van der Waals surface area contributed by atoms with Crippen molar-refractivity contribution in [2.75, 3.05) is 25.9 Å². The molecular formula is C16H27N3O6S2. The van der Waals surface area contributed by atoms with Crippen molar-refractivity contribution in [3.8, 4) is 0 Å². The first kappa shape index (κ1) is 21.9. The van der Waals surface area contributed by atoms with E-state index < -0.39 is 31.5 Å². The van der Waals surface area contributed by atoms with Gasteiger partial charge in [-0.3, -0.25) is 4.79 Å². The van der Waals surface area contributed by atoms with Gasteiger partial charge in [0.05, 0.1) is 6.26 Å². The number of carbonyl (C=O) groups is 1. The Balaban J connectivity index is 1.90. The van der Waals surface area contributed by atoms with Crippen LogP contribution in [0.3, 0.4) is 0 Å². The number of amides is 1. The number of piperidine rings is 1. The van der Waals surface area contributed by atoms with Crippen molar-refractivity contribution in [3.63, 3.8) is 0 Å². The number of hydrogen-bond donors (Lipinski definition) is 2. The first-order valence-corrected chi connectivity index (χ1v) is 12.0. The molecule has 2 N–H and O–H groups in total. The van der Waals surface area contributed by atoms with E-state index >= 15 is 0 Å². The molecule has 1 aliphatic heterocycles. The number of nitrogens with zero attached hydrogens (tertiary/aromatic N) is 1. The average molecular weight is 422 g/mol. The van der Waals surface area contributed by atoms with Crippen molar-refractivity contribution in [3.05, 3.63) is 17.9 Å². The predicted octanol–water partition coefficient (Wildman–Crippen LogP) is 0.758. The largest absolute Gasteiger partial charge is 0.438 e. The van der Waals surface area contributed by atoms with Crippen LogP contribution < -0.4 is 10.0 Å². The van der Waals surface area contributed by atoms with Gasteiger partial charge in [0, 0.05) is 25.2 Å². The van der Waals surface area contributed by atoms with Gasteiger partial charge in [-0.2, -0.15) is 0 Å². The lowest BCUT2D eigenvalue weighted by molar-refractivity contribution is 0.0908. The van der Waals surface area contributed by atoms with Gasteiger partial charge in [0.1, 0.15) is 0 Å². The molecule has 154 valence electrons. The summed E-state index contributed by atoms with van der Waals surface area (Å²) in [6, 6.07) is 2.56. The number of carbonyl (C=O) groups excluding carboxylic acids is 1. The third kappa shape index (κ3) is 6.30. The summed E-state index contributed by atoms with van der Waals surface area (Å²) in [5.74, 6) is -0.428. The van der Waals surface area contributed by atoms with Crippen LogP contribution in [0.2, 0.25) is 0 Å². The number of hydrogen-bond acceptors (Lipinski definition) is 6. The Kier molecular flexibility index (Phi) is 6.40. The van der Waals surface area contributed by atoms with Gasteiger partial charge in [0.2, 0.25) is 15.1 Å². The van der Waals surface area contributed by atoms with Crippen molar-refractivity contribution in [1.29, 1.82) is 0 Å². The molecule has 1 saturated heterocycles. The second kappa shape index (κ2) is 7.90. The van der Waals surface area contributed by atoms with Gasteiger partial charge in [-0.15, -0.1) is 0 Å². The maximum absolute atomic E-state index is 12.2. The van der Waals surface area contributed by atoms with E-state index in [1.54, 1.807) is 20.8 Å². The molecule has 0 unspecified atom stereocenters. The summed E-state index contributed by atoms with van der Waals surface area (Å²) < 4.78 is 56.5. The predicted molar refractivity (Wildman–Crippen MR) is 100 cm³/mol. The van der Waals surface area contributed by atoms with Crippen LogP contribution in [-0.4, -0.2) is 58.5 Å². The van der Waals surface area contributed by atoms with E-state index in [4.69, 9.17) is 4.42 Å². The maximum Gasteiger partial charge on any atom is 0.287 e. The molecule has 0 bridgehead atoms. The molecule has 2 heterocycles. The minimum atomic E-state index is -3.85. The molecule has 2 rings (SSSR count). The Labute approximate surface area is 160 Å². The Morgan fingerprint density at radius 3 is 2.30 bits per heavy atom. The van der Waals surface area contributed by atoms with Gasteiger partial charge in [0.25, 0.3) is 15.9 Å². The molecule has 1 aromatic rings. The van der Waals surface area contributed by atoms with Crippen LogP contribution in [0.1, 0.15) is 44.2 Å². The van der Waals surface area contributed by atoms with Gasteiger partial charge in [-0.05, 0) is 51.7 Å². The summed E-state index contributed by atoms with van der Waals surface area (Å²) in [5.41, 5.74) is -0.672. The summed E-state index contributed by atoms with van der Waals surface area (Å²) in [6.45, 7) is 6.35. The van der Waals surface area contributed by atoms with Crippen molar-refractivity contribution in [2.24, 2.45) is 5.92 Å². The van der Waals surface area contributed by atoms with Crippen LogP contribution >= 0.6 is 0 Å². The molecule has 0 aromatic carbocycles. The molecule has 0 aliphatic carbocycles. The lowest BCUT2D eigenvalue weighted by atomic mass is 9.98. The zero-order valence-electron chi connectivity index (χ0n) is 16.0. The highest BCUT2D eigenvalue weighted by Gasteiger charge is 2.27. The van der Waals surface area contributed by atoms with Crippen LogP contribution in [0.15, 0.2) is 21.6 Å². The van der Waals surface area contributed by atoms with E-state index in [0.717, 1.165) is 0 Å². The fourth-order valence-corrected chi connectivity index (χ4v) is 5.04. The molecule has 0 saturated carbocycles. The van der Waals surface area contributed by atoms with E-state index in [1.165, 1.54) is 22.7 Å². The van der Waals surface area contributed by atoms with Crippen molar-refractivity contribution in [2.45, 2.75) is 44.2 Å². The topological polar surface area (TPSA) is 126 Å². The van der Waals surface area contributed by atoms with Crippen molar-refractivity contribution >= 4 is 26.0 Å². The zero-order valence-corrected chi connectivity index (χ0v) is 17.6. The molecule has 9 nitrogen and oxygen atoms in total. The standard InChI is InChI=1S/C16H27N3O6S2/c1-16(2,3)18-27(23,24)14-6-5-13(25-14)15(20)17-11-12-7-9-19(10-8-12)26(4,21)22/h5-6,12,18H,7-11H2,1-4H3,(H,17,20). The minimum absolute atomic E-state index is 0.0853. The monoisotopic (exact) mass is 421 g/mol. The zero-order chi connectivity index (χ0) is 20.5. The lowest BCUT2D eigenvalue weighted by Gasteiger charge is -2.30. The highest BCUT2D eigenvalue weighted by molar-refractivity contribution is 7.89. The quantitative estimate of drug-likeness (QED) is 0.698. The molecule has 11 heteroatoms. The van der Waals surface area contributed by atoms with Gasteiger partial charge in [-0.25, -0.2) is 25.9 Å². The fraction of sp³-hybridized carbons (Fsp3) is 0.688. The van der Waals surface area contributed by atoms with Gasteiger partial charge >= 0.3 is 0 Å². The van der Waals surface area contributed by atoms with E-state index in [0.29, 0.717) is 32.5 Å². The first-order valence-electron chi connectivity index (χ1n) is 8.65. The second-order valence-corrected chi connectivity index (χ2v) is 11.4. The van der Waals surface area contributed by atoms with Crippen LogP contribution in [0.5, 0.6) is 0 Å². The van der Waals surface area contributed by atoms with Crippen molar-refractivity contribution in [1.82, 2.24) is 14.3 Å². The van der Waals surface area contributed by atoms with E-state index in [2.05, 4.69) is 10.0 Å². The molecular weight excluding hydrogens is 394 g/mol. The minimum Gasteiger partial charge on any atom is -0.438 e. The fourth-order valence-electron chi connectivity index (χ4n) is 2.81. The summed E-state index contributed by atoms with van der Waals surface area (Å²) in [6.07, 6.45) is 2.49. The summed E-state index contributed by atoms with van der Waals surface area (Å²) >= 11 is 0. The molecule has 1 aliphatic rings. The Morgan fingerprint density at radius 1 is 1.19 bits per heavy atom. The molecule has 1 amide bonds. The molecule has 0 spiro atoms. The highest BCUT2D eigenvalue weighted by atomic mass is 32.2.